The number of hydrogen-bond acceptors (Lipinski definition) is 5. The Labute approximate surface area is 157 Å². The average Bonchev–Trinajstić information content (AvgIpc) is 2.91. The van der Waals surface area contributed by atoms with Crippen molar-refractivity contribution in [2.75, 3.05) is 24.7 Å². The zero-order valence-corrected chi connectivity index (χ0v) is 16.3. The van der Waals surface area contributed by atoms with E-state index in [0.717, 1.165) is 9.37 Å². The number of anilines is 1. The Kier molecular flexibility index (Phi) is 7.29. The molecular weight excluding hydrogens is 410 g/mol. The highest BCUT2D eigenvalue weighted by atomic mass is 79.9. The molecule has 0 unspecified atom stereocenters. The summed E-state index contributed by atoms with van der Waals surface area (Å²) in [5.74, 6) is -0.303. The summed E-state index contributed by atoms with van der Waals surface area (Å²) in [6, 6.07) is 9.43. The van der Waals surface area contributed by atoms with Crippen molar-refractivity contribution in [3.63, 3.8) is 0 Å². The molecule has 0 aliphatic heterocycles. The maximum atomic E-state index is 12.2. The highest BCUT2D eigenvalue weighted by molar-refractivity contribution is 9.10. The number of primary amides is 1. The molecular formula is C16H18BrN3O2S2. The van der Waals surface area contributed by atoms with Crippen molar-refractivity contribution in [1.82, 2.24) is 4.90 Å². The molecule has 5 nitrogen and oxygen atoms in total. The molecule has 2 aromatic rings. The Bertz CT molecular complexity index is 721. The van der Waals surface area contributed by atoms with Crippen LogP contribution in [0.25, 0.3) is 0 Å². The highest BCUT2D eigenvalue weighted by Gasteiger charge is 2.11. The van der Waals surface area contributed by atoms with Crippen molar-refractivity contribution in [3.05, 3.63) is 45.1 Å². The molecule has 2 amide bonds. The molecule has 0 saturated carbocycles. The Hall–Kier alpha value is -1.35. The number of thiophene rings is 1. The number of amides is 2. The SMILES string of the molecule is CN(CC(=O)Nc1ccccc1SCC(N)=O)Cc1cc(Br)cs1. The van der Waals surface area contributed by atoms with Crippen molar-refractivity contribution < 1.29 is 9.59 Å². The van der Waals surface area contributed by atoms with E-state index in [1.807, 2.05) is 41.6 Å². The maximum absolute atomic E-state index is 12.2. The Morgan fingerprint density at radius 3 is 2.79 bits per heavy atom. The van der Waals surface area contributed by atoms with Gasteiger partial charge < -0.3 is 11.1 Å². The number of benzene rings is 1. The Balaban J connectivity index is 1.90. The zero-order chi connectivity index (χ0) is 17.5. The number of nitrogens with two attached hydrogens (primary N) is 1. The largest absolute Gasteiger partial charge is 0.369 e. The summed E-state index contributed by atoms with van der Waals surface area (Å²) in [5, 5.41) is 4.92. The summed E-state index contributed by atoms with van der Waals surface area (Å²) >= 11 is 6.40. The number of carbonyl (C=O) groups is 2. The van der Waals surface area contributed by atoms with Crippen LogP contribution in [0.3, 0.4) is 0 Å². The molecule has 24 heavy (non-hydrogen) atoms. The molecule has 1 aromatic heterocycles. The van der Waals surface area contributed by atoms with Gasteiger partial charge in [-0.1, -0.05) is 12.1 Å². The summed E-state index contributed by atoms with van der Waals surface area (Å²) in [5.41, 5.74) is 5.87. The van der Waals surface area contributed by atoms with Crippen molar-refractivity contribution in [2.24, 2.45) is 5.73 Å². The minimum atomic E-state index is -0.386. The number of para-hydroxylation sites is 1. The smallest absolute Gasteiger partial charge is 0.238 e. The molecule has 0 atom stereocenters. The molecule has 0 fully saturated rings. The molecule has 1 aromatic carbocycles. The minimum absolute atomic E-state index is 0.0970. The molecule has 2 rings (SSSR count). The molecule has 0 aliphatic carbocycles. The molecule has 128 valence electrons. The van der Waals surface area contributed by atoms with Crippen LogP contribution in [0.1, 0.15) is 4.88 Å². The molecule has 0 radical (unpaired) electrons. The van der Waals surface area contributed by atoms with E-state index in [1.165, 1.54) is 16.6 Å². The third-order valence-electron chi connectivity index (χ3n) is 2.99. The second kappa shape index (κ2) is 9.22. The summed E-state index contributed by atoms with van der Waals surface area (Å²) in [7, 11) is 1.90. The molecule has 0 aliphatic rings. The summed E-state index contributed by atoms with van der Waals surface area (Å²) in [6.07, 6.45) is 0. The summed E-state index contributed by atoms with van der Waals surface area (Å²) in [4.78, 5) is 27.1. The molecule has 0 saturated heterocycles. The number of nitrogens with zero attached hydrogens (tertiary/aromatic N) is 1. The minimum Gasteiger partial charge on any atom is -0.369 e. The number of likely N-dealkylation sites (N-methyl/N-ethyl adjacent to an activating group) is 1. The first kappa shape index (κ1) is 19.0. The fraction of sp³-hybridized carbons (Fsp3) is 0.250. The lowest BCUT2D eigenvalue weighted by Gasteiger charge is -2.16. The van der Waals surface area contributed by atoms with Crippen molar-refractivity contribution in [2.45, 2.75) is 11.4 Å². The van der Waals surface area contributed by atoms with Gasteiger partial charge in [-0.15, -0.1) is 23.1 Å². The van der Waals surface area contributed by atoms with Crippen LogP contribution in [-0.2, 0) is 16.1 Å². The number of carbonyl (C=O) groups excluding carboxylic acids is 2. The zero-order valence-electron chi connectivity index (χ0n) is 13.1. The van der Waals surface area contributed by atoms with Crippen LogP contribution in [-0.4, -0.2) is 36.1 Å². The lowest BCUT2D eigenvalue weighted by atomic mass is 10.3. The molecule has 3 N–H and O–H groups in total. The van der Waals surface area contributed by atoms with Crippen molar-refractivity contribution in [3.8, 4) is 0 Å². The van der Waals surface area contributed by atoms with E-state index in [0.29, 0.717) is 12.2 Å². The van der Waals surface area contributed by atoms with Gasteiger partial charge in [-0.3, -0.25) is 14.5 Å². The van der Waals surface area contributed by atoms with Gasteiger partial charge in [0.25, 0.3) is 0 Å². The number of thioether (sulfide) groups is 1. The molecule has 0 spiro atoms. The van der Waals surface area contributed by atoms with E-state index in [2.05, 4.69) is 27.3 Å². The highest BCUT2D eigenvalue weighted by Crippen LogP contribution is 2.26. The molecule has 8 heteroatoms. The van der Waals surface area contributed by atoms with E-state index < -0.39 is 0 Å². The Morgan fingerprint density at radius 1 is 1.38 bits per heavy atom. The van der Waals surface area contributed by atoms with Crippen LogP contribution in [0.15, 0.2) is 45.1 Å². The lowest BCUT2D eigenvalue weighted by Crippen LogP contribution is -2.29. The van der Waals surface area contributed by atoms with E-state index in [-0.39, 0.29) is 24.1 Å². The van der Waals surface area contributed by atoms with Gasteiger partial charge in [-0.25, -0.2) is 0 Å². The second-order valence-corrected chi connectivity index (χ2v) is 8.13. The Morgan fingerprint density at radius 2 is 2.12 bits per heavy atom. The molecule has 0 bridgehead atoms. The average molecular weight is 428 g/mol. The van der Waals surface area contributed by atoms with Gasteiger partial charge in [0.15, 0.2) is 0 Å². The van der Waals surface area contributed by atoms with Crippen LogP contribution in [0, 0.1) is 0 Å². The van der Waals surface area contributed by atoms with Gasteiger partial charge in [-0.05, 0) is 41.2 Å². The number of hydrogen-bond donors (Lipinski definition) is 2. The predicted molar refractivity (Wildman–Crippen MR) is 103 cm³/mol. The molecule has 1 heterocycles. The standard InChI is InChI=1S/C16H18BrN3O2S2/c1-20(7-12-6-11(17)9-23-12)8-16(22)19-13-4-2-3-5-14(13)24-10-15(18)21/h2-6,9H,7-8,10H2,1H3,(H2,18,21)(H,19,22). The van der Waals surface area contributed by atoms with Gasteiger partial charge in [0, 0.05) is 26.2 Å². The third kappa shape index (κ3) is 6.27. The lowest BCUT2D eigenvalue weighted by molar-refractivity contribution is -0.117. The fourth-order valence-electron chi connectivity index (χ4n) is 2.04. The maximum Gasteiger partial charge on any atom is 0.238 e. The van der Waals surface area contributed by atoms with Crippen LogP contribution >= 0.6 is 39.0 Å². The third-order valence-corrected chi connectivity index (χ3v) is 5.77. The van der Waals surface area contributed by atoms with E-state index in [4.69, 9.17) is 5.73 Å². The van der Waals surface area contributed by atoms with E-state index in [1.54, 1.807) is 11.3 Å². The van der Waals surface area contributed by atoms with Crippen molar-refractivity contribution >= 4 is 56.5 Å². The van der Waals surface area contributed by atoms with E-state index in [9.17, 15) is 9.59 Å². The van der Waals surface area contributed by atoms with Gasteiger partial charge in [0.1, 0.15) is 0 Å². The van der Waals surface area contributed by atoms with Crippen LogP contribution in [0.5, 0.6) is 0 Å². The fourth-order valence-corrected chi connectivity index (χ4v) is 4.32. The van der Waals surface area contributed by atoms with Gasteiger partial charge in [0.2, 0.25) is 11.8 Å². The topological polar surface area (TPSA) is 75.4 Å². The van der Waals surface area contributed by atoms with Crippen LogP contribution in [0.2, 0.25) is 0 Å². The quantitative estimate of drug-likeness (QED) is 0.634. The summed E-state index contributed by atoms with van der Waals surface area (Å²) < 4.78 is 1.06. The van der Waals surface area contributed by atoms with Gasteiger partial charge in [-0.2, -0.15) is 0 Å². The predicted octanol–water partition coefficient (Wildman–Crippen LogP) is 3.16. The summed E-state index contributed by atoms with van der Waals surface area (Å²) in [6.45, 7) is 0.992. The van der Waals surface area contributed by atoms with E-state index >= 15 is 0 Å². The first-order valence-electron chi connectivity index (χ1n) is 7.15. The van der Waals surface area contributed by atoms with Crippen LogP contribution < -0.4 is 11.1 Å². The van der Waals surface area contributed by atoms with Gasteiger partial charge >= 0.3 is 0 Å². The normalized spacial score (nSPS) is 10.8. The van der Waals surface area contributed by atoms with Crippen molar-refractivity contribution in [1.29, 1.82) is 0 Å². The van der Waals surface area contributed by atoms with Gasteiger partial charge in [0.05, 0.1) is 18.0 Å². The first-order chi connectivity index (χ1) is 11.4. The second-order valence-electron chi connectivity index (χ2n) is 5.20. The monoisotopic (exact) mass is 427 g/mol. The number of halogens is 1. The number of nitrogens with one attached hydrogen (secondary N) is 1. The van der Waals surface area contributed by atoms with Crippen LogP contribution in [0.4, 0.5) is 5.69 Å². The number of rotatable bonds is 8. The first-order valence-corrected chi connectivity index (χ1v) is 9.81.